The van der Waals surface area contributed by atoms with Crippen LogP contribution in [0.4, 0.5) is 9.18 Å². The van der Waals surface area contributed by atoms with Crippen LogP contribution in [-0.2, 0) is 10.2 Å². The number of nitrogens with one attached hydrogen (secondary N) is 1. The highest BCUT2D eigenvalue weighted by Gasteiger charge is 2.44. The molecule has 230 valence electrons. The summed E-state index contributed by atoms with van der Waals surface area (Å²) in [4.78, 5) is 34.0. The van der Waals surface area contributed by atoms with E-state index in [1.807, 2.05) is 19.9 Å². The SMILES string of the molecule is Cc1nc2ccccc2n1C1C[C@H]2CC[C@@H](C1)N2CCC1(c2cccc(F)c2)CCN(C(=O)[C@@H](NC(=O)O)C(C)C)CC1. The number of piperidine rings is 2. The summed E-state index contributed by atoms with van der Waals surface area (Å²) < 4.78 is 17.0. The Kier molecular flexibility index (Phi) is 8.20. The van der Waals surface area contributed by atoms with E-state index in [0.717, 1.165) is 55.6 Å². The predicted octanol–water partition coefficient (Wildman–Crippen LogP) is 5.89. The van der Waals surface area contributed by atoms with Gasteiger partial charge in [-0.25, -0.2) is 14.2 Å². The van der Waals surface area contributed by atoms with Crippen molar-refractivity contribution in [3.8, 4) is 0 Å². The monoisotopic (exact) mass is 589 g/mol. The van der Waals surface area contributed by atoms with E-state index in [4.69, 9.17) is 4.98 Å². The second-order valence-corrected chi connectivity index (χ2v) is 13.3. The Morgan fingerprint density at radius 3 is 2.40 bits per heavy atom. The summed E-state index contributed by atoms with van der Waals surface area (Å²) in [6.45, 7) is 7.84. The summed E-state index contributed by atoms with van der Waals surface area (Å²) in [7, 11) is 0. The van der Waals surface area contributed by atoms with Gasteiger partial charge in [-0.2, -0.15) is 0 Å². The van der Waals surface area contributed by atoms with Gasteiger partial charge >= 0.3 is 6.09 Å². The second kappa shape index (κ2) is 11.9. The smallest absolute Gasteiger partial charge is 0.405 e. The van der Waals surface area contributed by atoms with E-state index in [2.05, 4.69) is 46.0 Å². The number of hydrogen-bond acceptors (Lipinski definition) is 4. The molecule has 0 radical (unpaired) electrons. The van der Waals surface area contributed by atoms with Crippen molar-refractivity contribution in [3.05, 3.63) is 65.7 Å². The van der Waals surface area contributed by atoms with Gasteiger partial charge < -0.3 is 19.9 Å². The molecular weight excluding hydrogens is 545 g/mol. The first kappa shape index (κ1) is 29.6. The Balaban J connectivity index is 1.17. The van der Waals surface area contributed by atoms with Gasteiger partial charge in [-0.1, -0.05) is 38.1 Å². The van der Waals surface area contributed by atoms with Crippen LogP contribution < -0.4 is 5.32 Å². The maximum atomic E-state index is 14.5. The predicted molar refractivity (Wildman–Crippen MR) is 165 cm³/mol. The molecule has 3 aliphatic heterocycles. The highest BCUT2D eigenvalue weighted by Crippen LogP contribution is 2.45. The fourth-order valence-electron chi connectivity index (χ4n) is 8.29. The van der Waals surface area contributed by atoms with E-state index in [1.54, 1.807) is 17.0 Å². The number of carboxylic acid groups (broad SMARTS) is 1. The minimum Gasteiger partial charge on any atom is -0.465 e. The highest BCUT2D eigenvalue weighted by atomic mass is 19.1. The van der Waals surface area contributed by atoms with Crippen molar-refractivity contribution < 1.29 is 19.1 Å². The molecule has 0 spiro atoms. The lowest BCUT2D eigenvalue weighted by atomic mass is 9.70. The number of amides is 2. The lowest BCUT2D eigenvalue weighted by molar-refractivity contribution is -0.136. The van der Waals surface area contributed by atoms with Crippen LogP contribution in [0.1, 0.15) is 76.2 Å². The Bertz CT molecular complexity index is 1470. The van der Waals surface area contributed by atoms with E-state index in [0.29, 0.717) is 31.2 Å². The zero-order valence-electron chi connectivity index (χ0n) is 25.5. The number of para-hydroxylation sites is 2. The average Bonchev–Trinajstić information content (AvgIpc) is 3.44. The van der Waals surface area contributed by atoms with Crippen molar-refractivity contribution >= 4 is 23.0 Å². The van der Waals surface area contributed by atoms with Gasteiger partial charge in [-0.15, -0.1) is 0 Å². The molecule has 3 aromatic rings. The zero-order chi connectivity index (χ0) is 30.3. The number of carbonyl (C=O) groups is 2. The number of nitrogens with zero attached hydrogens (tertiary/aromatic N) is 4. The molecule has 3 aliphatic rings. The first-order chi connectivity index (χ1) is 20.6. The van der Waals surface area contributed by atoms with E-state index >= 15 is 0 Å². The van der Waals surface area contributed by atoms with Crippen molar-refractivity contribution in [2.75, 3.05) is 19.6 Å². The summed E-state index contributed by atoms with van der Waals surface area (Å²) in [5.41, 5.74) is 3.06. The molecule has 1 aromatic heterocycles. The Hall–Kier alpha value is -3.46. The number of fused-ring (bicyclic) bond motifs is 3. The molecule has 8 nitrogen and oxygen atoms in total. The molecule has 3 saturated heterocycles. The number of likely N-dealkylation sites (tertiary alicyclic amines) is 1. The first-order valence-corrected chi connectivity index (χ1v) is 15.9. The van der Waals surface area contributed by atoms with Crippen LogP contribution in [0.2, 0.25) is 0 Å². The summed E-state index contributed by atoms with van der Waals surface area (Å²) in [6, 6.07) is 16.1. The van der Waals surface area contributed by atoms with Gasteiger partial charge in [0, 0.05) is 31.2 Å². The molecule has 2 aromatic carbocycles. The van der Waals surface area contributed by atoms with E-state index in [-0.39, 0.29) is 23.1 Å². The Labute approximate surface area is 253 Å². The molecule has 1 unspecified atom stereocenters. The molecular formula is C34H44FN5O3. The Morgan fingerprint density at radius 1 is 1.05 bits per heavy atom. The van der Waals surface area contributed by atoms with Crippen LogP contribution >= 0.6 is 0 Å². The lowest BCUT2D eigenvalue weighted by Gasteiger charge is -2.46. The van der Waals surface area contributed by atoms with Crippen molar-refractivity contribution in [2.45, 2.75) is 95.3 Å². The molecule has 0 saturated carbocycles. The summed E-state index contributed by atoms with van der Waals surface area (Å²) in [5.74, 6) is 0.530. The summed E-state index contributed by atoms with van der Waals surface area (Å²) in [5, 5.41) is 11.7. The number of hydrogen-bond donors (Lipinski definition) is 2. The third-order valence-electron chi connectivity index (χ3n) is 10.5. The maximum absolute atomic E-state index is 14.5. The van der Waals surface area contributed by atoms with Crippen molar-refractivity contribution in [3.63, 3.8) is 0 Å². The molecule has 3 fully saturated rings. The van der Waals surface area contributed by atoms with Crippen molar-refractivity contribution in [2.24, 2.45) is 5.92 Å². The summed E-state index contributed by atoms with van der Waals surface area (Å²) >= 11 is 0. The number of imidazole rings is 1. The molecule has 2 bridgehead atoms. The zero-order valence-corrected chi connectivity index (χ0v) is 25.5. The van der Waals surface area contributed by atoms with Crippen LogP contribution in [-0.4, -0.2) is 74.2 Å². The van der Waals surface area contributed by atoms with Crippen LogP contribution in [0.25, 0.3) is 11.0 Å². The second-order valence-electron chi connectivity index (χ2n) is 13.3. The van der Waals surface area contributed by atoms with Crippen LogP contribution in [0, 0.1) is 18.7 Å². The van der Waals surface area contributed by atoms with Gasteiger partial charge in [0.05, 0.1) is 11.0 Å². The molecule has 6 rings (SSSR count). The number of benzene rings is 2. The fourth-order valence-corrected chi connectivity index (χ4v) is 8.29. The summed E-state index contributed by atoms with van der Waals surface area (Å²) in [6.07, 6.45) is 5.81. The molecule has 2 N–H and O–H groups in total. The number of aromatic nitrogens is 2. The highest BCUT2D eigenvalue weighted by molar-refractivity contribution is 5.85. The normalized spacial score (nSPS) is 24.4. The standard InChI is InChI=1S/C34H44FN5O3/c1-22(2)31(37-33(42)43)32(41)38-16-13-34(14-17-38,24-7-6-8-25(35)19-24)15-18-39-26-11-12-27(39)21-28(20-26)40-23(3)36-29-9-4-5-10-30(29)40/h4-10,19,22,26-28,31,37H,11-18,20-21H2,1-3H3,(H,42,43)/t26-,27+,28?,31-/m0/s1. The van der Waals surface area contributed by atoms with Crippen LogP contribution in [0.3, 0.4) is 0 Å². The molecule has 2 amide bonds. The van der Waals surface area contributed by atoms with Crippen LogP contribution in [0.15, 0.2) is 48.5 Å². The van der Waals surface area contributed by atoms with Gasteiger partial charge in [-0.05, 0) is 99.6 Å². The van der Waals surface area contributed by atoms with Gasteiger partial charge in [0.25, 0.3) is 0 Å². The molecule has 43 heavy (non-hydrogen) atoms. The van der Waals surface area contributed by atoms with E-state index in [1.165, 1.54) is 24.4 Å². The quantitative estimate of drug-likeness (QED) is 0.342. The fraction of sp³-hybridized carbons (Fsp3) is 0.559. The topological polar surface area (TPSA) is 90.7 Å². The molecule has 4 atom stereocenters. The number of halogens is 1. The minimum absolute atomic E-state index is 0.152. The number of carbonyl (C=O) groups excluding carboxylic acids is 1. The largest absolute Gasteiger partial charge is 0.465 e. The minimum atomic E-state index is -1.19. The average molecular weight is 590 g/mol. The lowest BCUT2D eigenvalue weighted by Crippen LogP contribution is -2.55. The molecule has 9 heteroatoms. The third kappa shape index (κ3) is 5.76. The first-order valence-electron chi connectivity index (χ1n) is 15.9. The molecule has 4 heterocycles. The van der Waals surface area contributed by atoms with Gasteiger partial charge in [0.2, 0.25) is 5.91 Å². The van der Waals surface area contributed by atoms with Crippen LogP contribution in [0.5, 0.6) is 0 Å². The van der Waals surface area contributed by atoms with Gasteiger partial charge in [0.15, 0.2) is 0 Å². The van der Waals surface area contributed by atoms with Crippen molar-refractivity contribution in [1.29, 1.82) is 0 Å². The third-order valence-corrected chi connectivity index (χ3v) is 10.5. The number of aryl methyl sites for hydroxylation is 1. The number of rotatable bonds is 8. The van der Waals surface area contributed by atoms with E-state index < -0.39 is 12.1 Å². The van der Waals surface area contributed by atoms with Gasteiger partial charge in [0.1, 0.15) is 17.7 Å². The van der Waals surface area contributed by atoms with Gasteiger partial charge in [-0.3, -0.25) is 9.69 Å². The maximum Gasteiger partial charge on any atom is 0.405 e. The Morgan fingerprint density at radius 2 is 1.74 bits per heavy atom. The molecule has 0 aliphatic carbocycles. The van der Waals surface area contributed by atoms with Crippen molar-refractivity contribution in [1.82, 2.24) is 24.7 Å². The van der Waals surface area contributed by atoms with E-state index in [9.17, 15) is 19.1 Å².